The molecule has 3 aliphatic rings. The number of fused-ring (bicyclic) bond motifs is 1. The van der Waals surface area contributed by atoms with Crippen molar-refractivity contribution in [2.24, 2.45) is 22.2 Å². The summed E-state index contributed by atoms with van der Waals surface area (Å²) >= 11 is 0. The summed E-state index contributed by atoms with van der Waals surface area (Å²) in [5, 5.41) is 3.82. The van der Waals surface area contributed by atoms with E-state index in [4.69, 9.17) is 14.5 Å². The molecule has 2 saturated heterocycles. The molecule has 6 heteroatoms. The fourth-order valence-electron chi connectivity index (χ4n) is 4.79. The van der Waals surface area contributed by atoms with Crippen molar-refractivity contribution in [3.8, 4) is 0 Å². The minimum absolute atomic E-state index is 0. The van der Waals surface area contributed by atoms with E-state index in [1.54, 1.807) is 0 Å². The number of halogens is 1. The number of likely N-dealkylation sites (tertiary alicyclic amines) is 1. The third-order valence-corrected chi connectivity index (χ3v) is 6.07. The highest BCUT2D eigenvalue weighted by Crippen LogP contribution is 2.51. The smallest absolute Gasteiger partial charge is 0.194 e. The summed E-state index contributed by atoms with van der Waals surface area (Å²) in [6, 6.07) is 0.471. The van der Waals surface area contributed by atoms with E-state index in [-0.39, 0.29) is 29.4 Å². The summed E-state index contributed by atoms with van der Waals surface area (Å²) in [4.78, 5) is 7.23. The van der Waals surface area contributed by atoms with Crippen LogP contribution in [0.25, 0.3) is 0 Å². The van der Waals surface area contributed by atoms with Crippen molar-refractivity contribution >= 4 is 29.9 Å². The largest absolute Gasteiger partial charge is 0.381 e. The number of aliphatic imine (C=N–C) groups is 1. The molecule has 1 saturated carbocycles. The highest BCUT2D eigenvalue weighted by molar-refractivity contribution is 14.0. The van der Waals surface area contributed by atoms with Gasteiger partial charge in [0.05, 0.1) is 12.7 Å². The van der Waals surface area contributed by atoms with Crippen LogP contribution in [0.2, 0.25) is 0 Å². The van der Waals surface area contributed by atoms with E-state index >= 15 is 0 Å². The summed E-state index contributed by atoms with van der Waals surface area (Å²) in [6.07, 6.45) is 4.08. The quantitative estimate of drug-likeness (QED) is 0.385. The van der Waals surface area contributed by atoms with Crippen LogP contribution in [0.1, 0.15) is 47.0 Å². The van der Waals surface area contributed by atoms with Crippen molar-refractivity contribution in [1.29, 1.82) is 0 Å². The molecular weight excluding hydrogens is 429 g/mol. The van der Waals surface area contributed by atoms with E-state index < -0.39 is 0 Å². The topological polar surface area (TPSA) is 46.1 Å². The standard InChI is InChI=1S/C19H35N3O2.HI/c1-5-20-18(22-10-9-14(12-22)13-23-6-2)21-16-15-8-7-11-24-17(15)19(16,3)4;/h14-17H,5-13H2,1-4H3,(H,20,21);1H. The summed E-state index contributed by atoms with van der Waals surface area (Å²) in [5.74, 6) is 2.37. The Morgan fingerprint density at radius 1 is 1.32 bits per heavy atom. The van der Waals surface area contributed by atoms with Crippen molar-refractivity contribution in [3.05, 3.63) is 0 Å². The van der Waals surface area contributed by atoms with E-state index in [1.807, 2.05) is 0 Å². The first-order valence-electron chi connectivity index (χ1n) is 9.83. The van der Waals surface area contributed by atoms with E-state index in [1.165, 1.54) is 19.3 Å². The maximum absolute atomic E-state index is 6.04. The minimum atomic E-state index is 0. The summed E-state index contributed by atoms with van der Waals surface area (Å²) in [7, 11) is 0. The lowest BCUT2D eigenvalue weighted by molar-refractivity contribution is -0.188. The molecule has 0 aromatic carbocycles. The van der Waals surface area contributed by atoms with Gasteiger partial charge in [0.1, 0.15) is 0 Å². The highest BCUT2D eigenvalue weighted by atomic mass is 127. The molecule has 0 aromatic rings. The fraction of sp³-hybridized carbons (Fsp3) is 0.947. The molecule has 2 heterocycles. The molecule has 1 aliphatic carbocycles. The molecular formula is C19H36IN3O2. The van der Waals surface area contributed by atoms with Crippen molar-refractivity contribution in [3.63, 3.8) is 0 Å². The van der Waals surface area contributed by atoms with Gasteiger partial charge in [-0.15, -0.1) is 24.0 Å². The normalized spacial score (nSPS) is 34.1. The Hall–Kier alpha value is -0.0800. The first-order chi connectivity index (χ1) is 11.6. The SMILES string of the molecule is CCN=C(NC1C2CCCOC2C1(C)C)N1CCC(COCC)C1.I. The van der Waals surface area contributed by atoms with Crippen LogP contribution in [0.4, 0.5) is 0 Å². The molecule has 5 nitrogen and oxygen atoms in total. The zero-order valence-corrected chi connectivity index (χ0v) is 18.6. The van der Waals surface area contributed by atoms with E-state index in [9.17, 15) is 0 Å². The van der Waals surface area contributed by atoms with Crippen LogP contribution in [-0.2, 0) is 9.47 Å². The molecule has 4 unspecified atom stereocenters. The number of rotatable bonds is 5. The van der Waals surface area contributed by atoms with E-state index in [2.05, 4.69) is 37.9 Å². The van der Waals surface area contributed by atoms with Crippen molar-refractivity contribution in [2.75, 3.05) is 39.5 Å². The van der Waals surface area contributed by atoms with Crippen LogP contribution in [0.5, 0.6) is 0 Å². The predicted octanol–water partition coefficient (Wildman–Crippen LogP) is 3.13. The molecule has 25 heavy (non-hydrogen) atoms. The van der Waals surface area contributed by atoms with Gasteiger partial charge < -0.3 is 19.7 Å². The van der Waals surface area contributed by atoms with Gasteiger partial charge in [-0.1, -0.05) is 13.8 Å². The van der Waals surface area contributed by atoms with E-state index in [0.29, 0.717) is 24.0 Å². The molecule has 4 atom stereocenters. The Morgan fingerprint density at radius 3 is 2.84 bits per heavy atom. The second kappa shape index (κ2) is 9.22. The van der Waals surface area contributed by atoms with Gasteiger partial charge in [0, 0.05) is 56.1 Å². The first kappa shape index (κ1) is 21.2. The second-order valence-corrected chi connectivity index (χ2v) is 8.10. The van der Waals surface area contributed by atoms with Crippen LogP contribution in [0.3, 0.4) is 0 Å². The number of ether oxygens (including phenoxy) is 2. The third kappa shape index (κ3) is 4.43. The number of nitrogens with zero attached hydrogens (tertiary/aromatic N) is 2. The van der Waals surface area contributed by atoms with Crippen LogP contribution in [-0.4, -0.2) is 62.5 Å². The van der Waals surface area contributed by atoms with E-state index in [0.717, 1.165) is 45.4 Å². The molecule has 0 aromatic heterocycles. The molecule has 0 bridgehead atoms. The minimum Gasteiger partial charge on any atom is -0.381 e. The Kier molecular flexibility index (Phi) is 7.83. The van der Waals surface area contributed by atoms with Crippen LogP contribution < -0.4 is 5.32 Å². The van der Waals surface area contributed by atoms with Gasteiger partial charge in [0.2, 0.25) is 0 Å². The maximum Gasteiger partial charge on any atom is 0.194 e. The summed E-state index contributed by atoms with van der Waals surface area (Å²) < 4.78 is 11.7. The fourth-order valence-corrected chi connectivity index (χ4v) is 4.79. The van der Waals surface area contributed by atoms with Crippen LogP contribution >= 0.6 is 24.0 Å². The molecule has 0 radical (unpaired) electrons. The monoisotopic (exact) mass is 465 g/mol. The molecule has 146 valence electrons. The number of hydrogen-bond donors (Lipinski definition) is 1. The van der Waals surface area contributed by atoms with Crippen molar-refractivity contribution in [1.82, 2.24) is 10.2 Å². The molecule has 0 amide bonds. The molecule has 0 spiro atoms. The average Bonchev–Trinajstić information content (AvgIpc) is 3.05. The van der Waals surface area contributed by atoms with Gasteiger partial charge in [-0.2, -0.15) is 0 Å². The first-order valence-corrected chi connectivity index (χ1v) is 9.83. The number of guanidine groups is 1. The molecule has 3 rings (SSSR count). The molecule has 2 aliphatic heterocycles. The number of hydrogen-bond acceptors (Lipinski definition) is 3. The zero-order valence-electron chi connectivity index (χ0n) is 16.3. The van der Waals surface area contributed by atoms with Crippen molar-refractivity contribution < 1.29 is 9.47 Å². The van der Waals surface area contributed by atoms with Crippen LogP contribution in [0, 0.1) is 17.3 Å². The Morgan fingerprint density at radius 2 is 2.12 bits per heavy atom. The lowest BCUT2D eigenvalue weighted by Gasteiger charge is -2.60. The van der Waals surface area contributed by atoms with Gasteiger partial charge in [-0.3, -0.25) is 4.99 Å². The van der Waals surface area contributed by atoms with Gasteiger partial charge in [0.25, 0.3) is 0 Å². The second-order valence-electron chi connectivity index (χ2n) is 8.10. The number of nitrogens with one attached hydrogen (secondary N) is 1. The maximum atomic E-state index is 6.04. The third-order valence-electron chi connectivity index (χ3n) is 6.07. The lowest BCUT2D eigenvalue weighted by Crippen LogP contribution is -2.71. The molecule has 1 N–H and O–H groups in total. The predicted molar refractivity (Wildman–Crippen MR) is 113 cm³/mol. The van der Waals surface area contributed by atoms with Gasteiger partial charge in [0.15, 0.2) is 5.96 Å². The summed E-state index contributed by atoms with van der Waals surface area (Å²) in [5.41, 5.74) is 0.185. The van der Waals surface area contributed by atoms with Gasteiger partial charge >= 0.3 is 0 Å². The zero-order chi connectivity index (χ0) is 17.2. The highest BCUT2D eigenvalue weighted by Gasteiger charge is 2.58. The average molecular weight is 465 g/mol. The Bertz CT molecular complexity index is 458. The van der Waals surface area contributed by atoms with Gasteiger partial charge in [-0.05, 0) is 33.1 Å². The Labute approximate surface area is 170 Å². The lowest BCUT2D eigenvalue weighted by atomic mass is 9.55. The summed E-state index contributed by atoms with van der Waals surface area (Å²) in [6.45, 7) is 14.4. The Balaban J connectivity index is 0.00000225. The van der Waals surface area contributed by atoms with Crippen molar-refractivity contribution in [2.45, 2.75) is 59.1 Å². The van der Waals surface area contributed by atoms with Gasteiger partial charge in [-0.25, -0.2) is 0 Å². The molecule has 3 fully saturated rings. The van der Waals surface area contributed by atoms with Crippen LogP contribution in [0.15, 0.2) is 4.99 Å².